The molecule has 0 radical (unpaired) electrons. The molecular weight excluding hydrogens is 430 g/mol. The van der Waals surface area contributed by atoms with Crippen molar-refractivity contribution >= 4 is 11.9 Å². The van der Waals surface area contributed by atoms with Gasteiger partial charge >= 0.3 is 0 Å². The molecule has 1 amide bonds. The summed E-state index contributed by atoms with van der Waals surface area (Å²) in [4.78, 5) is 24.4. The van der Waals surface area contributed by atoms with Crippen molar-refractivity contribution in [2.75, 3.05) is 19.8 Å². The van der Waals surface area contributed by atoms with Crippen LogP contribution in [0.5, 0.6) is 5.75 Å². The second-order valence-electron chi connectivity index (χ2n) is 8.40. The molecule has 2 aromatic carbocycles. The van der Waals surface area contributed by atoms with E-state index in [9.17, 15) is 4.79 Å². The molecule has 1 fully saturated rings. The van der Waals surface area contributed by atoms with Crippen LogP contribution in [0.25, 0.3) is 0 Å². The lowest BCUT2D eigenvalue weighted by atomic mass is 9.68. The molecule has 3 rings (SSSR count). The van der Waals surface area contributed by atoms with Gasteiger partial charge < -0.3 is 20.8 Å². The maximum Gasteiger partial charge on any atom is 0.255 e. The normalized spacial score (nSPS) is 20.2. The Kier molecular flexibility index (Phi) is 8.85. The number of hydrogen-bond acceptors (Lipinski definition) is 6. The number of para-hydroxylation sites is 1. The third kappa shape index (κ3) is 5.84. The number of amides is 1. The van der Waals surface area contributed by atoms with Crippen molar-refractivity contribution < 1.29 is 9.63 Å². The predicted octanol–water partition coefficient (Wildman–Crippen LogP) is 2.21. The smallest absolute Gasteiger partial charge is 0.255 e. The van der Waals surface area contributed by atoms with Crippen LogP contribution in [-0.4, -0.2) is 42.6 Å². The van der Waals surface area contributed by atoms with Gasteiger partial charge in [-0.2, -0.15) is 11.2 Å². The SMILES string of the molecule is CCN(CN)C(=NC1CCC(CNC(=O)c2ccccc2ON)(c2ccccc2)CC1)NC#N. The summed E-state index contributed by atoms with van der Waals surface area (Å²) in [5.41, 5.74) is 7.19. The van der Waals surface area contributed by atoms with E-state index in [2.05, 4.69) is 22.8 Å². The molecule has 0 bridgehead atoms. The van der Waals surface area contributed by atoms with Crippen LogP contribution in [0.2, 0.25) is 0 Å². The Morgan fingerprint density at radius 3 is 2.50 bits per heavy atom. The molecule has 0 spiro atoms. The number of nitrogens with two attached hydrogens (primary N) is 2. The number of nitrogens with zero attached hydrogens (tertiary/aromatic N) is 3. The fourth-order valence-electron chi connectivity index (χ4n) is 4.53. The molecule has 9 heteroatoms. The number of nitriles is 1. The molecule has 0 atom stereocenters. The fraction of sp³-hybridized carbons (Fsp3) is 0.400. The van der Waals surface area contributed by atoms with Crippen molar-refractivity contribution in [2.45, 2.75) is 44.1 Å². The summed E-state index contributed by atoms with van der Waals surface area (Å²) in [5, 5.41) is 14.9. The van der Waals surface area contributed by atoms with E-state index >= 15 is 0 Å². The van der Waals surface area contributed by atoms with Crippen molar-refractivity contribution in [3.05, 3.63) is 65.7 Å². The number of hydrogen-bond donors (Lipinski definition) is 4. The molecule has 0 saturated heterocycles. The Morgan fingerprint density at radius 1 is 1.21 bits per heavy atom. The molecule has 34 heavy (non-hydrogen) atoms. The summed E-state index contributed by atoms with van der Waals surface area (Å²) in [7, 11) is 0. The molecule has 0 unspecified atom stereocenters. The molecule has 9 nitrogen and oxygen atoms in total. The first-order chi connectivity index (χ1) is 16.6. The average Bonchev–Trinajstić information content (AvgIpc) is 2.89. The largest absolute Gasteiger partial charge is 0.411 e. The molecule has 2 aromatic rings. The zero-order valence-electron chi connectivity index (χ0n) is 19.5. The van der Waals surface area contributed by atoms with E-state index in [1.54, 1.807) is 24.3 Å². The van der Waals surface area contributed by atoms with Crippen molar-refractivity contribution in [1.29, 1.82) is 5.26 Å². The van der Waals surface area contributed by atoms with Gasteiger partial charge in [0.1, 0.15) is 0 Å². The third-order valence-corrected chi connectivity index (χ3v) is 6.52. The second kappa shape index (κ2) is 12.0. The van der Waals surface area contributed by atoms with Crippen LogP contribution >= 0.6 is 0 Å². The summed E-state index contributed by atoms with van der Waals surface area (Å²) >= 11 is 0. The minimum Gasteiger partial charge on any atom is -0.411 e. The van der Waals surface area contributed by atoms with Gasteiger partial charge in [-0.25, -0.2) is 4.99 Å². The quantitative estimate of drug-likeness (QED) is 0.117. The molecule has 0 aliphatic heterocycles. The van der Waals surface area contributed by atoms with Crippen molar-refractivity contribution in [3.63, 3.8) is 0 Å². The van der Waals surface area contributed by atoms with E-state index in [-0.39, 0.29) is 24.0 Å². The van der Waals surface area contributed by atoms with Crippen molar-refractivity contribution in [3.8, 4) is 11.9 Å². The average molecular weight is 464 g/mol. The first kappa shape index (κ1) is 25.0. The first-order valence-electron chi connectivity index (χ1n) is 11.5. The Labute approximate surface area is 200 Å². The van der Waals surface area contributed by atoms with Crippen LogP contribution in [0, 0.1) is 11.5 Å². The van der Waals surface area contributed by atoms with Gasteiger partial charge in [0, 0.05) is 18.5 Å². The van der Waals surface area contributed by atoms with Gasteiger partial charge in [0.25, 0.3) is 5.91 Å². The van der Waals surface area contributed by atoms with Gasteiger partial charge in [-0.05, 0) is 50.3 Å². The summed E-state index contributed by atoms with van der Waals surface area (Å²) in [5.74, 6) is 5.96. The maximum atomic E-state index is 12.9. The summed E-state index contributed by atoms with van der Waals surface area (Å²) < 4.78 is 0. The number of guanidine groups is 1. The number of rotatable bonds is 8. The second-order valence-corrected chi connectivity index (χ2v) is 8.40. The summed E-state index contributed by atoms with van der Waals surface area (Å²) in [6.07, 6.45) is 5.30. The van der Waals surface area contributed by atoms with Gasteiger partial charge in [-0.15, -0.1) is 0 Å². The number of carbonyl (C=O) groups excluding carboxylic acids is 1. The minimum atomic E-state index is -0.224. The van der Waals surface area contributed by atoms with Crippen LogP contribution in [0.1, 0.15) is 48.5 Å². The zero-order valence-corrected chi connectivity index (χ0v) is 19.5. The van der Waals surface area contributed by atoms with E-state index in [0.717, 1.165) is 25.7 Å². The van der Waals surface area contributed by atoms with E-state index in [4.69, 9.17) is 26.7 Å². The Bertz CT molecular complexity index is 1010. The van der Waals surface area contributed by atoms with Crippen LogP contribution in [0.3, 0.4) is 0 Å². The van der Waals surface area contributed by atoms with Crippen molar-refractivity contribution in [1.82, 2.24) is 15.5 Å². The fourth-order valence-corrected chi connectivity index (χ4v) is 4.53. The predicted molar refractivity (Wildman–Crippen MR) is 132 cm³/mol. The van der Waals surface area contributed by atoms with Crippen LogP contribution < -0.4 is 27.1 Å². The lowest BCUT2D eigenvalue weighted by Crippen LogP contribution is -2.46. The van der Waals surface area contributed by atoms with E-state index in [1.165, 1.54) is 5.56 Å². The Hall–Kier alpha value is -3.61. The highest BCUT2D eigenvalue weighted by molar-refractivity contribution is 5.97. The van der Waals surface area contributed by atoms with E-state index < -0.39 is 0 Å². The number of carbonyl (C=O) groups is 1. The van der Waals surface area contributed by atoms with Gasteiger partial charge in [-0.3, -0.25) is 10.1 Å². The molecule has 6 N–H and O–H groups in total. The first-order valence-corrected chi connectivity index (χ1v) is 11.5. The molecule has 180 valence electrons. The number of aliphatic imine (C=N–C) groups is 1. The minimum absolute atomic E-state index is 0.0651. The topological polar surface area (TPSA) is 142 Å². The monoisotopic (exact) mass is 463 g/mol. The number of nitrogens with one attached hydrogen (secondary N) is 2. The molecule has 1 saturated carbocycles. The van der Waals surface area contributed by atoms with Gasteiger partial charge in [0.15, 0.2) is 11.9 Å². The highest BCUT2D eigenvalue weighted by atomic mass is 16.6. The van der Waals surface area contributed by atoms with Crippen LogP contribution in [0.15, 0.2) is 59.6 Å². The Balaban J connectivity index is 1.77. The van der Waals surface area contributed by atoms with Crippen LogP contribution in [-0.2, 0) is 5.41 Å². The molecule has 1 aliphatic rings. The lowest BCUT2D eigenvalue weighted by Gasteiger charge is -2.40. The third-order valence-electron chi connectivity index (χ3n) is 6.52. The standard InChI is InChI=1S/C25H33N7O2/c1-2-32(18-27)24(30-17-26)31-20-12-14-25(15-13-20,19-8-4-3-5-9-19)16-29-23(33)21-10-6-7-11-22(21)34-28/h3-11,20H,2,12-16,18,27-28H2,1H3,(H,29,33)(H,30,31). The molecule has 0 aromatic heterocycles. The summed E-state index contributed by atoms with van der Waals surface area (Å²) in [6.45, 7) is 3.40. The summed E-state index contributed by atoms with van der Waals surface area (Å²) in [6, 6.07) is 17.2. The van der Waals surface area contributed by atoms with Crippen LogP contribution in [0.4, 0.5) is 0 Å². The number of benzene rings is 2. The lowest BCUT2D eigenvalue weighted by molar-refractivity contribution is 0.0931. The van der Waals surface area contributed by atoms with Gasteiger partial charge in [0.05, 0.1) is 18.3 Å². The maximum absolute atomic E-state index is 12.9. The molecule has 0 heterocycles. The van der Waals surface area contributed by atoms with E-state index in [0.29, 0.717) is 30.4 Å². The highest BCUT2D eigenvalue weighted by Crippen LogP contribution is 2.40. The van der Waals surface area contributed by atoms with E-state index in [1.807, 2.05) is 36.2 Å². The highest BCUT2D eigenvalue weighted by Gasteiger charge is 2.37. The van der Waals surface area contributed by atoms with Gasteiger partial charge in [0.2, 0.25) is 5.96 Å². The van der Waals surface area contributed by atoms with Gasteiger partial charge in [-0.1, -0.05) is 42.5 Å². The van der Waals surface area contributed by atoms with Crippen molar-refractivity contribution in [2.24, 2.45) is 16.6 Å². The zero-order chi connectivity index (χ0) is 24.4. The molecule has 1 aliphatic carbocycles. The molecular formula is C25H33N7O2. The Morgan fingerprint density at radius 2 is 1.88 bits per heavy atom.